The summed E-state index contributed by atoms with van der Waals surface area (Å²) in [6.07, 6.45) is 4.86. The molecule has 1 N–H and O–H groups in total. The van der Waals surface area contributed by atoms with Gasteiger partial charge in [0.25, 0.3) is 0 Å². The summed E-state index contributed by atoms with van der Waals surface area (Å²) in [4.78, 5) is 5.30. The van der Waals surface area contributed by atoms with E-state index in [-0.39, 0.29) is 0 Å². The molecule has 17 heavy (non-hydrogen) atoms. The predicted octanol–water partition coefficient (Wildman–Crippen LogP) is 2.26. The zero-order chi connectivity index (χ0) is 12.1. The summed E-state index contributed by atoms with van der Waals surface area (Å²) in [6.45, 7) is 4.16. The van der Waals surface area contributed by atoms with Crippen molar-refractivity contribution in [1.82, 2.24) is 5.48 Å². The van der Waals surface area contributed by atoms with Gasteiger partial charge < -0.3 is 4.74 Å². The van der Waals surface area contributed by atoms with Crippen molar-refractivity contribution in [2.75, 3.05) is 13.7 Å². The molecule has 0 radical (unpaired) electrons. The number of hydroxylamine groups is 1. The largest absolute Gasteiger partial charge is 0.496 e. The van der Waals surface area contributed by atoms with Crippen LogP contribution in [-0.4, -0.2) is 19.8 Å². The van der Waals surface area contributed by atoms with Gasteiger partial charge in [-0.1, -0.05) is 18.2 Å². The van der Waals surface area contributed by atoms with Gasteiger partial charge in [-0.2, -0.15) is 5.48 Å². The first-order valence-corrected chi connectivity index (χ1v) is 5.98. The van der Waals surface area contributed by atoms with Gasteiger partial charge in [-0.25, -0.2) is 0 Å². The van der Waals surface area contributed by atoms with Crippen LogP contribution in [0, 0.1) is 0 Å². The summed E-state index contributed by atoms with van der Waals surface area (Å²) in [7, 11) is 1.72. The Balaban J connectivity index is 2.03. The molecule has 3 heteroatoms. The number of fused-ring (bicyclic) bond motifs is 1. The van der Waals surface area contributed by atoms with Gasteiger partial charge in [0.05, 0.1) is 13.7 Å². The third kappa shape index (κ3) is 2.87. The topological polar surface area (TPSA) is 30.5 Å². The first-order valence-electron chi connectivity index (χ1n) is 5.98. The van der Waals surface area contributed by atoms with Crippen molar-refractivity contribution in [3.8, 4) is 5.75 Å². The number of ether oxygens (including phenoxy) is 1. The number of benzene rings is 1. The Labute approximate surface area is 102 Å². The molecule has 0 heterocycles. The number of aryl methyl sites for hydroxylation is 1. The standard InChI is InChI=1S/C14H19NO2/c1-3-9-17-15-12-8-7-11-5-4-6-14(16-2)13(11)10-12/h3-6,12,15H,1,7-10H2,2H3. The van der Waals surface area contributed by atoms with Crippen LogP contribution in [0.5, 0.6) is 5.75 Å². The summed E-state index contributed by atoms with van der Waals surface area (Å²) >= 11 is 0. The van der Waals surface area contributed by atoms with Crippen LogP contribution in [0.15, 0.2) is 30.9 Å². The summed E-state index contributed by atoms with van der Waals surface area (Å²) in [6, 6.07) is 6.61. The number of rotatable bonds is 5. The third-order valence-electron chi connectivity index (χ3n) is 3.11. The molecule has 0 saturated heterocycles. The molecule has 0 amide bonds. The van der Waals surface area contributed by atoms with Crippen LogP contribution in [0.3, 0.4) is 0 Å². The van der Waals surface area contributed by atoms with Gasteiger partial charge in [-0.05, 0) is 36.5 Å². The van der Waals surface area contributed by atoms with Gasteiger partial charge in [0.1, 0.15) is 5.75 Å². The first kappa shape index (κ1) is 12.1. The lowest BCUT2D eigenvalue weighted by Gasteiger charge is -2.26. The molecule has 0 fully saturated rings. The Kier molecular flexibility index (Phi) is 4.18. The van der Waals surface area contributed by atoms with Crippen LogP contribution in [0.25, 0.3) is 0 Å². The maximum absolute atomic E-state index is 5.40. The Morgan fingerprint density at radius 3 is 3.18 bits per heavy atom. The van der Waals surface area contributed by atoms with Crippen LogP contribution < -0.4 is 10.2 Å². The predicted molar refractivity (Wildman–Crippen MR) is 68.1 cm³/mol. The zero-order valence-electron chi connectivity index (χ0n) is 10.2. The normalized spacial score (nSPS) is 18.5. The molecule has 0 aliphatic heterocycles. The highest BCUT2D eigenvalue weighted by molar-refractivity contribution is 5.42. The Morgan fingerprint density at radius 2 is 2.41 bits per heavy atom. The van der Waals surface area contributed by atoms with E-state index in [0.29, 0.717) is 12.6 Å². The van der Waals surface area contributed by atoms with Crippen molar-refractivity contribution >= 4 is 0 Å². The lowest BCUT2D eigenvalue weighted by Crippen LogP contribution is -2.34. The molecule has 1 atom stereocenters. The average molecular weight is 233 g/mol. The zero-order valence-corrected chi connectivity index (χ0v) is 10.2. The highest BCUT2D eigenvalue weighted by atomic mass is 16.6. The third-order valence-corrected chi connectivity index (χ3v) is 3.11. The van der Waals surface area contributed by atoms with Crippen molar-refractivity contribution < 1.29 is 9.57 Å². The molecule has 0 spiro atoms. The fraction of sp³-hybridized carbons (Fsp3) is 0.429. The van der Waals surface area contributed by atoms with Gasteiger partial charge in [0.15, 0.2) is 0 Å². The Bertz CT molecular complexity index is 376. The van der Waals surface area contributed by atoms with Crippen molar-refractivity contribution in [2.45, 2.75) is 25.3 Å². The lowest BCUT2D eigenvalue weighted by atomic mass is 9.88. The summed E-state index contributed by atoms with van der Waals surface area (Å²) in [5.41, 5.74) is 5.79. The second kappa shape index (κ2) is 5.84. The van der Waals surface area contributed by atoms with E-state index in [0.717, 1.165) is 25.0 Å². The van der Waals surface area contributed by atoms with E-state index in [4.69, 9.17) is 9.57 Å². The van der Waals surface area contributed by atoms with Crippen LogP contribution in [-0.2, 0) is 17.7 Å². The summed E-state index contributed by atoms with van der Waals surface area (Å²) < 4.78 is 5.40. The Hall–Kier alpha value is -1.32. The van der Waals surface area contributed by atoms with E-state index < -0.39 is 0 Å². The molecular formula is C14H19NO2. The minimum atomic E-state index is 0.360. The molecule has 1 unspecified atom stereocenters. The van der Waals surface area contributed by atoms with E-state index in [1.165, 1.54) is 11.1 Å². The van der Waals surface area contributed by atoms with Crippen molar-refractivity contribution in [2.24, 2.45) is 0 Å². The summed E-state index contributed by atoms with van der Waals surface area (Å²) in [5.74, 6) is 0.984. The van der Waals surface area contributed by atoms with E-state index >= 15 is 0 Å². The molecule has 0 aromatic heterocycles. The van der Waals surface area contributed by atoms with Crippen LogP contribution >= 0.6 is 0 Å². The van der Waals surface area contributed by atoms with E-state index in [1.54, 1.807) is 13.2 Å². The minimum Gasteiger partial charge on any atom is -0.496 e. The van der Waals surface area contributed by atoms with Crippen molar-refractivity contribution in [1.29, 1.82) is 0 Å². The SMILES string of the molecule is C=CCONC1CCc2cccc(OC)c2C1. The Morgan fingerprint density at radius 1 is 1.53 bits per heavy atom. The molecule has 1 aliphatic rings. The van der Waals surface area contributed by atoms with Crippen LogP contribution in [0.4, 0.5) is 0 Å². The molecule has 1 aromatic rings. The van der Waals surface area contributed by atoms with E-state index in [9.17, 15) is 0 Å². The fourth-order valence-electron chi connectivity index (χ4n) is 2.27. The van der Waals surface area contributed by atoms with Gasteiger partial charge in [0, 0.05) is 6.04 Å². The fourth-order valence-corrected chi connectivity index (χ4v) is 2.27. The number of hydrogen-bond acceptors (Lipinski definition) is 3. The van der Waals surface area contributed by atoms with E-state index in [2.05, 4.69) is 24.2 Å². The van der Waals surface area contributed by atoms with Gasteiger partial charge in [-0.3, -0.25) is 4.84 Å². The number of methoxy groups -OCH3 is 1. The first-order chi connectivity index (χ1) is 8.35. The van der Waals surface area contributed by atoms with E-state index in [1.807, 2.05) is 6.07 Å². The molecule has 92 valence electrons. The maximum atomic E-state index is 5.40. The second-order valence-electron chi connectivity index (χ2n) is 4.26. The quantitative estimate of drug-likeness (QED) is 0.481. The molecule has 2 rings (SSSR count). The van der Waals surface area contributed by atoms with Gasteiger partial charge in [0.2, 0.25) is 0 Å². The van der Waals surface area contributed by atoms with Crippen LogP contribution in [0.2, 0.25) is 0 Å². The highest BCUT2D eigenvalue weighted by Crippen LogP contribution is 2.29. The molecular weight excluding hydrogens is 214 g/mol. The van der Waals surface area contributed by atoms with Crippen molar-refractivity contribution in [3.63, 3.8) is 0 Å². The smallest absolute Gasteiger partial charge is 0.122 e. The second-order valence-corrected chi connectivity index (χ2v) is 4.26. The molecule has 0 bridgehead atoms. The minimum absolute atomic E-state index is 0.360. The van der Waals surface area contributed by atoms with Gasteiger partial charge in [-0.15, -0.1) is 6.58 Å². The molecule has 0 saturated carbocycles. The van der Waals surface area contributed by atoms with Crippen molar-refractivity contribution in [3.05, 3.63) is 42.0 Å². The summed E-state index contributed by atoms with van der Waals surface area (Å²) in [5, 5.41) is 0. The van der Waals surface area contributed by atoms with Gasteiger partial charge >= 0.3 is 0 Å². The highest BCUT2D eigenvalue weighted by Gasteiger charge is 2.21. The average Bonchev–Trinajstić information content (AvgIpc) is 2.38. The maximum Gasteiger partial charge on any atom is 0.122 e. The van der Waals surface area contributed by atoms with Crippen LogP contribution in [0.1, 0.15) is 17.5 Å². The molecule has 1 aliphatic carbocycles. The monoisotopic (exact) mass is 233 g/mol. The molecule has 1 aromatic carbocycles. The lowest BCUT2D eigenvalue weighted by molar-refractivity contribution is 0.0311. The number of nitrogens with one attached hydrogen (secondary N) is 1. The number of hydrogen-bond donors (Lipinski definition) is 1. The molecule has 3 nitrogen and oxygen atoms in total.